The summed E-state index contributed by atoms with van der Waals surface area (Å²) >= 11 is 0. The molecule has 3 heteroatoms. The molecule has 3 aromatic rings. The van der Waals surface area contributed by atoms with E-state index in [9.17, 15) is 4.79 Å². The van der Waals surface area contributed by atoms with Gasteiger partial charge >= 0.3 is 0 Å². The summed E-state index contributed by atoms with van der Waals surface area (Å²) in [6.07, 6.45) is 0.890. The van der Waals surface area contributed by atoms with Gasteiger partial charge in [-0.15, -0.1) is 0 Å². The molecule has 0 aliphatic carbocycles. The lowest BCUT2D eigenvalue weighted by Crippen LogP contribution is -2.32. The van der Waals surface area contributed by atoms with Crippen LogP contribution in [0.15, 0.2) is 72.8 Å². The van der Waals surface area contributed by atoms with E-state index in [2.05, 4.69) is 66.9 Å². The Labute approximate surface area is 167 Å². The Hall–Kier alpha value is -2.91. The molecule has 28 heavy (non-hydrogen) atoms. The Morgan fingerprint density at radius 1 is 0.857 bits per heavy atom. The minimum atomic E-state index is -0.0323. The van der Waals surface area contributed by atoms with E-state index in [0.29, 0.717) is 0 Å². The fourth-order valence-corrected chi connectivity index (χ4v) is 3.41. The van der Waals surface area contributed by atoms with Crippen molar-refractivity contribution in [2.45, 2.75) is 33.2 Å². The van der Waals surface area contributed by atoms with E-state index in [-0.39, 0.29) is 18.5 Å². The molecule has 1 amide bonds. The molecule has 2 N–H and O–H groups in total. The van der Waals surface area contributed by atoms with E-state index in [1.807, 2.05) is 37.3 Å². The summed E-state index contributed by atoms with van der Waals surface area (Å²) in [6.45, 7) is 6.45. The Morgan fingerprint density at radius 3 is 2.21 bits per heavy atom. The third-order valence-electron chi connectivity index (χ3n) is 5.01. The van der Waals surface area contributed by atoms with E-state index in [1.54, 1.807) is 0 Å². The second-order valence-electron chi connectivity index (χ2n) is 7.15. The lowest BCUT2D eigenvalue weighted by atomic mass is 9.98. The molecular formula is C25H28N2O. The lowest BCUT2D eigenvalue weighted by molar-refractivity contribution is -0.115. The van der Waals surface area contributed by atoms with Crippen LogP contribution >= 0.6 is 0 Å². The second kappa shape index (κ2) is 9.34. The molecule has 0 fully saturated rings. The van der Waals surface area contributed by atoms with Gasteiger partial charge in [-0.25, -0.2) is 0 Å². The molecule has 0 radical (unpaired) electrons. The van der Waals surface area contributed by atoms with Crippen LogP contribution in [0.25, 0.3) is 0 Å². The SMILES string of the molecule is CCc1cccc(C)c1NC(=O)CN[C@H](c1ccccc1)c1ccc(C)cc1. The Kier molecular flexibility index (Phi) is 6.62. The molecule has 0 unspecified atom stereocenters. The molecule has 0 aromatic heterocycles. The first kappa shape index (κ1) is 19.8. The molecule has 144 valence electrons. The summed E-state index contributed by atoms with van der Waals surface area (Å²) in [5.74, 6) is -0.0305. The summed E-state index contributed by atoms with van der Waals surface area (Å²) in [5, 5.41) is 6.53. The highest BCUT2D eigenvalue weighted by Gasteiger charge is 2.16. The lowest BCUT2D eigenvalue weighted by Gasteiger charge is -2.20. The van der Waals surface area contributed by atoms with Crippen LogP contribution < -0.4 is 10.6 Å². The van der Waals surface area contributed by atoms with Crippen molar-refractivity contribution in [1.29, 1.82) is 0 Å². The molecule has 0 aliphatic rings. The van der Waals surface area contributed by atoms with Gasteiger partial charge < -0.3 is 5.32 Å². The highest BCUT2D eigenvalue weighted by molar-refractivity contribution is 5.93. The average Bonchev–Trinajstić information content (AvgIpc) is 2.72. The summed E-state index contributed by atoms with van der Waals surface area (Å²) in [7, 11) is 0. The number of carbonyl (C=O) groups excluding carboxylic acids is 1. The smallest absolute Gasteiger partial charge is 0.238 e. The summed E-state index contributed by atoms with van der Waals surface area (Å²) < 4.78 is 0. The van der Waals surface area contributed by atoms with Crippen LogP contribution in [0.5, 0.6) is 0 Å². The van der Waals surface area contributed by atoms with E-state index in [0.717, 1.165) is 34.4 Å². The first-order valence-corrected chi connectivity index (χ1v) is 9.81. The van der Waals surface area contributed by atoms with Crippen molar-refractivity contribution in [3.63, 3.8) is 0 Å². The third kappa shape index (κ3) is 4.87. The molecule has 0 bridgehead atoms. The number of amides is 1. The van der Waals surface area contributed by atoms with Crippen LogP contribution in [0.1, 0.15) is 40.8 Å². The topological polar surface area (TPSA) is 41.1 Å². The van der Waals surface area contributed by atoms with E-state index >= 15 is 0 Å². The Bertz CT molecular complexity index is 917. The van der Waals surface area contributed by atoms with Gasteiger partial charge in [0.1, 0.15) is 0 Å². The van der Waals surface area contributed by atoms with Gasteiger partial charge in [-0.05, 0) is 42.5 Å². The first-order valence-electron chi connectivity index (χ1n) is 9.81. The van der Waals surface area contributed by atoms with E-state index < -0.39 is 0 Å². The summed E-state index contributed by atoms with van der Waals surface area (Å²) in [4.78, 5) is 12.7. The van der Waals surface area contributed by atoms with Crippen LogP contribution in [0.3, 0.4) is 0 Å². The number of benzene rings is 3. The molecule has 0 spiro atoms. The molecule has 3 rings (SSSR count). The van der Waals surface area contributed by atoms with Crippen LogP contribution in [-0.2, 0) is 11.2 Å². The van der Waals surface area contributed by atoms with E-state index in [4.69, 9.17) is 0 Å². The van der Waals surface area contributed by atoms with E-state index in [1.165, 1.54) is 5.56 Å². The van der Waals surface area contributed by atoms with Gasteiger partial charge in [0.05, 0.1) is 12.6 Å². The number of hydrogen-bond donors (Lipinski definition) is 2. The van der Waals surface area contributed by atoms with Crippen molar-refractivity contribution in [3.05, 3.63) is 101 Å². The predicted octanol–water partition coefficient (Wildman–Crippen LogP) is 5.18. The highest BCUT2D eigenvalue weighted by atomic mass is 16.1. The van der Waals surface area contributed by atoms with Crippen LogP contribution in [0.2, 0.25) is 0 Å². The maximum atomic E-state index is 12.7. The molecule has 1 atom stereocenters. The van der Waals surface area contributed by atoms with Crippen molar-refractivity contribution in [2.24, 2.45) is 0 Å². The average molecular weight is 373 g/mol. The number of nitrogens with one attached hydrogen (secondary N) is 2. The number of aryl methyl sites for hydroxylation is 3. The maximum absolute atomic E-state index is 12.7. The van der Waals surface area contributed by atoms with Crippen molar-refractivity contribution < 1.29 is 4.79 Å². The minimum Gasteiger partial charge on any atom is -0.324 e. The molecule has 0 saturated carbocycles. The zero-order valence-electron chi connectivity index (χ0n) is 16.8. The van der Waals surface area contributed by atoms with Crippen molar-refractivity contribution in [3.8, 4) is 0 Å². The van der Waals surface area contributed by atoms with Gasteiger partial charge in [0.25, 0.3) is 0 Å². The largest absolute Gasteiger partial charge is 0.324 e. The standard InChI is InChI=1S/C25H28N2O/c1-4-20-12-8-9-19(3)24(20)27-23(28)17-26-25(21-10-6-5-7-11-21)22-15-13-18(2)14-16-22/h5-16,25-26H,4,17H2,1-3H3,(H,27,28)/t25-/m1/s1. The quantitative estimate of drug-likeness (QED) is 0.600. The maximum Gasteiger partial charge on any atom is 0.238 e. The summed E-state index contributed by atoms with van der Waals surface area (Å²) in [6, 6.07) is 24.8. The monoisotopic (exact) mass is 372 g/mol. The second-order valence-corrected chi connectivity index (χ2v) is 7.15. The number of para-hydroxylation sites is 1. The molecule has 0 aliphatic heterocycles. The number of anilines is 1. The van der Waals surface area contributed by atoms with Gasteiger partial charge in [-0.3, -0.25) is 10.1 Å². The highest BCUT2D eigenvalue weighted by Crippen LogP contribution is 2.23. The van der Waals surface area contributed by atoms with Gasteiger partial charge in [0.2, 0.25) is 5.91 Å². The number of carbonyl (C=O) groups is 1. The van der Waals surface area contributed by atoms with Gasteiger partial charge in [0.15, 0.2) is 0 Å². The normalized spacial score (nSPS) is 11.8. The molecule has 0 saturated heterocycles. The third-order valence-corrected chi connectivity index (χ3v) is 5.01. The number of rotatable bonds is 7. The fraction of sp³-hybridized carbons (Fsp3) is 0.240. The van der Waals surface area contributed by atoms with Crippen molar-refractivity contribution in [2.75, 3.05) is 11.9 Å². The summed E-state index contributed by atoms with van der Waals surface area (Å²) in [5.41, 5.74) is 6.69. The molecule has 3 aromatic carbocycles. The fourth-order valence-electron chi connectivity index (χ4n) is 3.41. The zero-order valence-corrected chi connectivity index (χ0v) is 16.8. The van der Waals surface area contributed by atoms with Crippen molar-refractivity contribution >= 4 is 11.6 Å². The minimum absolute atomic E-state index is 0.0305. The first-order chi connectivity index (χ1) is 13.6. The number of hydrogen-bond acceptors (Lipinski definition) is 2. The van der Waals surface area contributed by atoms with Gasteiger partial charge in [0, 0.05) is 5.69 Å². The molecule has 3 nitrogen and oxygen atoms in total. The Balaban J connectivity index is 1.75. The van der Waals surface area contributed by atoms with Gasteiger partial charge in [-0.2, -0.15) is 0 Å². The zero-order chi connectivity index (χ0) is 19.9. The van der Waals surface area contributed by atoms with Gasteiger partial charge in [-0.1, -0.05) is 85.3 Å². The predicted molar refractivity (Wildman–Crippen MR) is 117 cm³/mol. The van der Waals surface area contributed by atoms with Crippen LogP contribution in [-0.4, -0.2) is 12.5 Å². The molecular weight excluding hydrogens is 344 g/mol. The Morgan fingerprint density at radius 2 is 1.54 bits per heavy atom. The van der Waals surface area contributed by atoms with Crippen LogP contribution in [0, 0.1) is 13.8 Å². The molecule has 0 heterocycles. The van der Waals surface area contributed by atoms with Crippen LogP contribution in [0.4, 0.5) is 5.69 Å². The van der Waals surface area contributed by atoms with Crippen molar-refractivity contribution in [1.82, 2.24) is 5.32 Å².